The van der Waals surface area contributed by atoms with E-state index in [9.17, 15) is 0 Å². The zero-order valence-corrected chi connectivity index (χ0v) is 34.2. The van der Waals surface area contributed by atoms with Crippen LogP contribution < -0.4 is 4.90 Å². The molecule has 0 bridgehead atoms. The Morgan fingerprint density at radius 2 is 0.724 bits per heavy atom. The van der Waals surface area contributed by atoms with E-state index in [4.69, 9.17) is 0 Å². The number of anilines is 3. The van der Waals surface area contributed by atoms with Gasteiger partial charge < -0.3 is 4.90 Å². The quantitative estimate of drug-likeness (QED) is 0.170. The lowest BCUT2D eigenvalue weighted by molar-refractivity contribution is 0.660. The smallest absolute Gasteiger partial charge is 0.0543 e. The summed E-state index contributed by atoms with van der Waals surface area (Å²) in [6, 6.07) is 66.2. The Bertz CT molecular complexity index is 2970. The van der Waals surface area contributed by atoms with Gasteiger partial charge in [0.05, 0.1) is 11.4 Å². The highest BCUT2D eigenvalue weighted by atomic mass is 15.1. The predicted octanol–water partition coefficient (Wildman–Crippen LogP) is 15.4. The van der Waals surface area contributed by atoms with Gasteiger partial charge in [-0.3, -0.25) is 0 Å². The Kier molecular flexibility index (Phi) is 7.36. The largest absolute Gasteiger partial charge is 0.309 e. The van der Waals surface area contributed by atoms with Gasteiger partial charge in [-0.2, -0.15) is 0 Å². The molecule has 0 N–H and O–H groups in total. The summed E-state index contributed by atoms with van der Waals surface area (Å²) in [4.78, 5) is 2.53. The van der Waals surface area contributed by atoms with E-state index in [2.05, 4.69) is 222 Å². The van der Waals surface area contributed by atoms with Crippen LogP contribution in [0.1, 0.15) is 74.9 Å². The fourth-order valence-electron chi connectivity index (χ4n) is 10.9. The average Bonchev–Trinajstić information content (AvgIpc) is 3.74. The summed E-state index contributed by atoms with van der Waals surface area (Å²) < 4.78 is 0. The van der Waals surface area contributed by atoms with E-state index in [1.807, 2.05) is 0 Å². The topological polar surface area (TPSA) is 3.24 Å². The van der Waals surface area contributed by atoms with Crippen molar-refractivity contribution in [1.82, 2.24) is 0 Å². The van der Waals surface area contributed by atoms with Crippen LogP contribution in [0.15, 0.2) is 176 Å². The molecule has 1 nitrogen and oxygen atoms in total. The van der Waals surface area contributed by atoms with Crippen LogP contribution in [0.25, 0.3) is 55.6 Å². The summed E-state index contributed by atoms with van der Waals surface area (Å²) >= 11 is 0. The van der Waals surface area contributed by atoms with Gasteiger partial charge >= 0.3 is 0 Å². The van der Waals surface area contributed by atoms with E-state index in [0.29, 0.717) is 0 Å². The first-order valence-electron chi connectivity index (χ1n) is 20.8. The second kappa shape index (κ2) is 12.3. The minimum atomic E-state index is -0.118. The van der Waals surface area contributed by atoms with Gasteiger partial charge in [-0.15, -0.1) is 0 Å². The summed E-state index contributed by atoms with van der Waals surface area (Å²) in [6.07, 6.45) is 0. The maximum absolute atomic E-state index is 2.53. The molecular weight excluding hydrogens is 699 g/mol. The molecule has 280 valence electrons. The molecule has 58 heavy (non-hydrogen) atoms. The van der Waals surface area contributed by atoms with Gasteiger partial charge in [0, 0.05) is 33.1 Å². The number of fused-ring (bicyclic) bond motifs is 9. The van der Waals surface area contributed by atoms with E-state index in [1.165, 1.54) is 100 Å². The van der Waals surface area contributed by atoms with E-state index >= 15 is 0 Å². The lowest BCUT2D eigenvalue weighted by Crippen LogP contribution is -2.16. The van der Waals surface area contributed by atoms with Crippen molar-refractivity contribution in [2.45, 2.75) is 57.8 Å². The van der Waals surface area contributed by atoms with Crippen LogP contribution in [0.3, 0.4) is 0 Å². The maximum atomic E-state index is 2.53. The average molecular weight is 746 g/mol. The number of rotatable bonds is 5. The molecule has 0 heterocycles. The number of benzene rings is 8. The molecule has 0 radical (unpaired) electrons. The number of nitrogens with zero attached hydrogens (tertiary/aromatic N) is 1. The second-order valence-electron chi connectivity index (χ2n) is 18.1. The molecule has 0 saturated heterocycles. The van der Waals surface area contributed by atoms with Gasteiger partial charge in [0.1, 0.15) is 0 Å². The molecule has 0 saturated carbocycles. The van der Waals surface area contributed by atoms with Crippen LogP contribution in [-0.4, -0.2) is 0 Å². The minimum absolute atomic E-state index is 0.0481. The SMILES string of the molecule is CC1(C)c2ccccc2-c2ccc(-c3ccc(N(c4ccccc4-c4cccc5c4-c4ccccc4C5(C)C)c4cccc5c4-c4ccccc4C5(C)C)cc3)cc21. The third-order valence-corrected chi connectivity index (χ3v) is 13.9. The Labute approximate surface area is 343 Å². The fraction of sp³-hybridized carbons (Fsp3) is 0.158. The summed E-state index contributed by atoms with van der Waals surface area (Å²) in [5.41, 5.74) is 24.5. The monoisotopic (exact) mass is 745 g/mol. The van der Waals surface area contributed by atoms with Crippen LogP contribution in [0.2, 0.25) is 0 Å². The van der Waals surface area contributed by atoms with Crippen molar-refractivity contribution in [3.63, 3.8) is 0 Å². The molecule has 3 aliphatic carbocycles. The Morgan fingerprint density at radius 1 is 0.293 bits per heavy atom. The standard InChI is InChI=1S/C57H47N/c1-55(2)46-23-12-8-19-43(46)53-42(21-15-25-48(53)55)41-18-10-14-27-51(41)58(52-28-16-26-49-54(52)44-20-9-13-24-47(44)56(49,3)4)38-32-29-36(30-33-38)37-31-34-40-39-17-7-11-22-45(39)57(5,6)50(40)35-37/h7-35H,1-6H3. The lowest BCUT2D eigenvalue weighted by atomic mass is 9.81. The van der Waals surface area contributed by atoms with Crippen LogP contribution in [0, 0.1) is 0 Å². The van der Waals surface area contributed by atoms with E-state index in [1.54, 1.807) is 0 Å². The van der Waals surface area contributed by atoms with Crippen molar-refractivity contribution in [2.75, 3.05) is 4.90 Å². The van der Waals surface area contributed by atoms with Gasteiger partial charge in [-0.05, 0) is 108 Å². The van der Waals surface area contributed by atoms with Crippen LogP contribution >= 0.6 is 0 Å². The summed E-state index contributed by atoms with van der Waals surface area (Å²) in [5, 5.41) is 0. The molecule has 0 fully saturated rings. The van der Waals surface area contributed by atoms with Crippen LogP contribution in [-0.2, 0) is 16.2 Å². The zero-order valence-electron chi connectivity index (χ0n) is 34.2. The fourth-order valence-corrected chi connectivity index (χ4v) is 10.9. The predicted molar refractivity (Wildman–Crippen MR) is 245 cm³/mol. The summed E-state index contributed by atoms with van der Waals surface area (Å²) in [6.45, 7) is 14.2. The molecule has 0 amide bonds. The van der Waals surface area contributed by atoms with Crippen molar-refractivity contribution < 1.29 is 0 Å². The van der Waals surface area contributed by atoms with Crippen molar-refractivity contribution in [3.05, 3.63) is 209 Å². The van der Waals surface area contributed by atoms with Gasteiger partial charge in [-0.25, -0.2) is 0 Å². The Hall–Kier alpha value is -6.44. The number of hydrogen-bond donors (Lipinski definition) is 0. The molecule has 1 heteroatoms. The van der Waals surface area contributed by atoms with Crippen LogP contribution in [0.4, 0.5) is 17.1 Å². The highest BCUT2D eigenvalue weighted by Gasteiger charge is 2.40. The van der Waals surface area contributed by atoms with Gasteiger partial charge in [0.15, 0.2) is 0 Å². The highest BCUT2D eigenvalue weighted by Crippen LogP contribution is 2.57. The molecule has 0 aromatic heterocycles. The van der Waals surface area contributed by atoms with Gasteiger partial charge in [0.2, 0.25) is 0 Å². The normalized spacial score (nSPS) is 15.5. The molecule has 11 rings (SSSR count). The number of para-hydroxylation sites is 1. The van der Waals surface area contributed by atoms with E-state index in [-0.39, 0.29) is 16.2 Å². The maximum Gasteiger partial charge on any atom is 0.0543 e. The van der Waals surface area contributed by atoms with Gasteiger partial charge in [-0.1, -0.05) is 187 Å². The summed E-state index contributed by atoms with van der Waals surface area (Å²) in [5.74, 6) is 0. The third kappa shape index (κ3) is 4.77. The molecule has 3 aliphatic rings. The van der Waals surface area contributed by atoms with E-state index in [0.717, 1.165) is 5.69 Å². The molecule has 0 unspecified atom stereocenters. The minimum Gasteiger partial charge on any atom is -0.309 e. The molecule has 8 aromatic rings. The Balaban J connectivity index is 1.11. The number of hydrogen-bond acceptors (Lipinski definition) is 1. The first-order valence-corrected chi connectivity index (χ1v) is 20.8. The van der Waals surface area contributed by atoms with Crippen LogP contribution in [0.5, 0.6) is 0 Å². The Morgan fingerprint density at radius 3 is 1.40 bits per heavy atom. The first kappa shape index (κ1) is 34.8. The highest BCUT2D eigenvalue weighted by molar-refractivity contribution is 6.01. The molecule has 0 spiro atoms. The summed E-state index contributed by atoms with van der Waals surface area (Å²) in [7, 11) is 0. The van der Waals surface area contributed by atoms with E-state index < -0.39 is 0 Å². The van der Waals surface area contributed by atoms with Crippen molar-refractivity contribution in [3.8, 4) is 55.6 Å². The molecule has 0 atom stereocenters. The molecule has 8 aromatic carbocycles. The molecular formula is C57H47N. The molecule has 0 aliphatic heterocycles. The zero-order chi connectivity index (χ0) is 39.6. The lowest BCUT2D eigenvalue weighted by Gasteiger charge is -2.31. The second-order valence-corrected chi connectivity index (χ2v) is 18.1. The van der Waals surface area contributed by atoms with Crippen molar-refractivity contribution in [1.29, 1.82) is 0 Å². The first-order chi connectivity index (χ1) is 28.1. The van der Waals surface area contributed by atoms with Crippen molar-refractivity contribution in [2.24, 2.45) is 0 Å². The third-order valence-electron chi connectivity index (χ3n) is 13.9. The van der Waals surface area contributed by atoms with Crippen molar-refractivity contribution >= 4 is 17.1 Å². The van der Waals surface area contributed by atoms with Gasteiger partial charge in [0.25, 0.3) is 0 Å².